The number of halogens is 1. The molecule has 1 N–H and O–H groups in total. The van der Waals surface area contributed by atoms with Crippen LogP contribution in [0.25, 0.3) is 0 Å². The van der Waals surface area contributed by atoms with Gasteiger partial charge in [0.15, 0.2) is 0 Å². The smallest absolute Gasteiger partial charge is 0.408 e. The van der Waals surface area contributed by atoms with Gasteiger partial charge in [-0.2, -0.15) is 0 Å². The maximum Gasteiger partial charge on any atom is 0.408 e. The number of hydrogen-bond donors (Lipinski definition) is 1. The number of benzene rings is 2. The number of nitrogens with one attached hydrogen (secondary N) is 1. The molecule has 0 aliphatic heterocycles. The van der Waals surface area contributed by atoms with Gasteiger partial charge in [-0.15, -0.1) is 10.2 Å². The molecule has 1 atom stereocenters. The molecule has 0 saturated carbocycles. The van der Waals surface area contributed by atoms with Gasteiger partial charge in [0.2, 0.25) is 5.89 Å². The average Bonchev–Trinajstić information content (AvgIpc) is 3.15. The monoisotopic (exact) mass is 429 g/mol. The Bertz CT molecular complexity index is 956. The van der Waals surface area contributed by atoms with E-state index < -0.39 is 17.7 Å². The van der Waals surface area contributed by atoms with Crippen LogP contribution in [-0.4, -0.2) is 21.9 Å². The SMILES string of the molecule is CC(C)(C)OC(=O)N[C@@H](Cc1ccccc1)c1nnc(SCc2ccc(F)cc2)o1. The summed E-state index contributed by atoms with van der Waals surface area (Å²) >= 11 is 1.35. The van der Waals surface area contributed by atoms with Crippen LogP contribution in [0, 0.1) is 5.82 Å². The molecule has 2 aromatic carbocycles. The Morgan fingerprint density at radius 1 is 1.10 bits per heavy atom. The van der Waals surface area contributed by atoms with Gasteiger partial charge in [0.1, 0.15) is 17.5 Å². The fraction of sp³-hybridized carbons (Fsp3) is 0.318. The van der Waals surface area contributed by atoms with Crippen LogP contribution in [0.2, 0.25) is 0 Å². The van der Waals surface area contributed by atoms with Crippen molar-refractivity contribution in [3.63, 3.8) is 0 Å². The molecule has 158 valence electrons. The molecule has 1 heterocycles. The predicted octanol–water partition coefficient (Wildman–Crippen LogP) is 5.31. The topological polar surface area (TPSA) is 77.2 Å². The number of rotatable bonds is 7. The Hall–Kier alpha value is -2.87. The minimum absolute atomic E-state index is 0.277. The molecular weight excluding hydrogens is 405 g/mol. The first-order chi connectivity index (χ1) is 14.3. The molecule has 0 bridgehead atoms. The molecule has 0 aliphatic rings. The van der Waals surface area contributed by atoms with E-state index in [0.717, 1.165) is 11.1 Å². The molecule has 6 nitrogen and oxygen atoms in total. The highest BCUT2D eigenvalue weighted by Gasteiger charge is 2.25. The molecule has 30 heavy (non-hydrogen) atoms. The lowest BCUT2D eigenvalue weighted by atomic mass is 10.1. The first kappa shape index (κ1) is 21.8. The van der Waals surface area contributed by atoms with E-state index in [1.807, 2.05) is 30.3 Å². The van der Waals surface area contributed by atoms with Gasteiger partial charge in [-0.25, -0.2) is 9.18 Å². The Kier molecular flexibility index (Phi) is 7.10. The second kappa shape index (κ2) is 9.75. The van der Waals surface area contributed by atoms with Gasteiger partial charge in [0, 0.05) is 12.2 Å². The number of hydrogen-bond acceptors (Lipinski definition) is 6. The molecular formula is C22H24FN3O3S. The molecule has 1 aromatic heterocycles. The van der Waals surface area contributed by atoms with E-state index in [9.17, 15) is 9.18 Å². The zero-order valence-electron chi connectivity index (χ0n) is 17.1. The lowest BCUT2D eigenvalue weighted by Crippen LogP contribution is -2.36. The van der Waals surface area contributed by atoms with Gasteiger partial charge in [-0.1, -0.05) is 54.2 Å². The van der Waals surface area contributed by atoms with Gasteiger partial charge in [0.05, 0.1) is 0 Å². The summed E-state index contributed by atoms with van der Waals surface area (Å²) in [4.78, 5) is 12.3. The molecule has 8 heteroatoms. The Labute approximate surface area is 179 Å². The highest BCUT2D eigenvalue weighted by atomic mass is 32.2. The van der Waals surface area contributed by atoms with Crippen LogP contribution in [0.1, 0.15) is 43.8 Å². The van der Waals surface area contributed by atoms with Crippen LogP contribution in [0.5, 0.6) is 0 Å². The number of aromatic nitrogens is 2. The Morgan fingerprint density at radius 2 is 1.80 bits per heavy atom. The third-order valence-corrected chi connectivity index (χ3v) is 4.86. The van der Waals surface area contributed by atoms with E-state index in [2.05, 4.69) is 15.5 Å². The van der Waals surface area contributed by atoms with Crippen molar-refractivity contribution < 1.29 is 18.3 Å². The summed E-state index contributed by atoms with van der Waals surface area (Å²) in [5.74, 6) is 0.581. The summed E-state index contributed by atoms with van der Waals surface area (Å²) in [5, 5.41) is 11.4. The number of alkyl carbamates (subject to hydrolysis) is 1. The quantitative estimate of drug-likeness (QED) is 0.513. The second-order valence-corrected chi connectivity index (χ2v) is 8.64. The number of ether oxygens (including phenoxy) is 1. The van der Waals surface area contributed by atoms with Crippen LogP contribution in [0.3, 0.4) is 0 Å². The second-order valence-electron chi connectivity index (χ2n) is 7.71. The standard InChI is InChI=1S/C22H24FN3O3S/c1-22(2,3)29-20(27)24-18(13-15-7-5-4-6-8-15)19-25-26-21(28-19)30-14-16-9-11-17(23)12-10-16/h4-12,18H,13-14H2,1-3H3,(H,24,27)/t18-/m0/s1. The maximum atomic E-state index is 13.0. The van der Waals surface area contributed by atoms with Crippen molar-refractivity contribution in [3.05, 3.63) is 77.4 Å². The van der Waals surface area contributed by atoms with Crippen molar-refractivity contribution in [1.29, 1.82) is 0 Å². The molecule has 0 unspecified atom stereocenters. The highest BCUT2D eigenvalue weighted by molar-refractivity contribution is 7.98. The average molecular weight is 430 g/mol. The molecule has 3 aromatic rings. The number of carbonyl (C=O) groups excluding carboxylic acids is 1. The largest absolute Gasteiger partial charge is 0.444 e. The summed E-state index contributed by atoms with van der Waals surface area (Å²) in [5.41, 5.74) is 1.33. The normalized spacial score (nSPS) is 12.4. The van der Waals surface area contributed by atoms with Crippen LogP contribution in [0.4, 0.5) is 9.18 Å². The van der Waals surface area contributed by atoms with Crippen molar-refractivity contribution in [1.82, 2.24) is 15.5 Å². The van der Waals surface area contributed by atoms with E-state index in [1.165, 1.54) is 23.9 Å². The lowest BCUT2D eigenvalue weighted by Gasteiger charge is -2.22. The first-order valence-corrected chi connectivity index (χ1v) is 10.5. The number of carbonyl (C=O) groups is 1. The summed E-state index contributed by atoms with van der Waals surface area (Å²) in [6.07, 6.45) is -0.0770. The van der Waals surface area contributed by atoms with Crippen molar-refractivity contribution in [2.24, 2.45) is 0 Å². The minimum Gasteiger partial charge on any atom is -0.444 e. The Balaban J connectivity index is 1.70. The van der Waals surface area contributed by atoms with Gasteiger partial charge < -0.3 is 14.5 Å². The summed E-state index contributed by atoms with van der Waals surface area (Å²) in [6.45, 7) is 5.40. The summed E-state index contributed by atoms with van der Waals surface area (Å²) < 4.78 is 24.2. The third-order valence-electron chi connectivity index (χ3n) is 3.97. The molecule has 1 amide bonds. The number of amides is 1. The maximum absolute atomic E-state index is 13.0. The van der Waals surface area contributed by atoms with Crippen LogP contribution in [0.15, 0.2) is 64.2 Å². The van der Waals surface area contributed by atoms with Crippen molar-refractivity contribution in [2.45, 2.75) is 49.8 Å². The zero-order valence-corrected chi connectivity index (χ0v) is 17.9. The molecule has 0 radical (unpaired) electrons. The fourth-order valence-corrected chi connectivity index (χ4v) is 3.37. The Morgan fingerprint density at radius 3 is 2.47 bits per heavy atom. The van der Waals surface area contributed by atoms with Crippen LogP contribution in [-0.2, 0) is 16.9 Å². The van der Waals surface area contributed by atoms with Gasteiger partial charge >= 0.3 is 6.09 Å². The van der Waals surface area contributed by atoms with Gasteiger partial charge in [0.25, 0.3) is 5.22 Å². The molecule has 3 rings (SSSR count). The molecule has 0 saturated heterocycles. The van der Waals surface area contributed by atoms with Crippen LogP contribution >= 0.6 is 11.8 Å². The summed E-state index contributed by atoms with van der Waals surface area (Å²) in [7, 11) is 0. The molecule has 0 spiro atoms. The lowest BCUT2D eigenvalue weighted by molar-refractivity contribution is 0.0494. The summed E-state index contributed by atoms with van der Waals surface area (Å²) in [6, 6.07) is 15.4. The van der Waals surface area contributed by atoms with E-state index in [4.69, 9.17) is 9.15 Å². The van der Waals surface area contributed by atoms with E-state index >= 15 is 0 Å². The first-order valence-electron chi connectivity index (χ1n) is 9.52. The van der Waals surface area contributed by atoms with Crippen molar-refractivity contribution in [2.75, 3.05) is 0 Å². The van der Waals surface area contributed by atoms with E-state index in [-0.39, 0.29) is 5.82 Å². The number of thioether (sulfide) groups is 1. The van der Waals surface area contributed by atoms with Gasteiger partial charge in [-0.05, 0) is 44.0 Å². The molecule has 0 fully saturated rings. The zero-order chi connectivity index (χ0) is 21.6. The van der Waals surface area contributed by atoms with Crippen molar-refractivity contribution in [3.8, 4) is 0 Å². The van der Waals surface area contributed by atoms with Crippen LogP contribution < -0.4 is 5.32 Å². The van der Waals surface area contributed by atoms with E-state index in [1.54, 1.807) is 32.9 Å². The predicted molar refractivity (Wildman–Crippen MR) is 113 cm³/mol. The fourth-order valence-electron chi connectivity index (χ4n) is 2.64. The number of nitrogens with zero attached hydrogens (tertiary/aromatic N) is 2. The van der Waals surface area contributed by atoms with Crippen molar-refractivity contribution >= 4 is 17.9 Å². The third kappa shape index (κ3) is 6.88. The molecule has 0 aliphatic carbocycles. The van der Waals surface area contributed by atoms with Gasteiger partial charge in [-0.3, -0.25) is 0 Å². The highest BCUT2D eigenvalue weighted by Crippen LogP contribution is 2.25. The van der Waals surface area contributed by atoms with E-state index in [0.29, 0.717) is 23.3 Å². The minimum atomic E-state index is -0.619.